The van der Waals surface area contributed by atoms with Gasteiger partial charge < -0.3 is 9.84 Å². The zero-order chi connectivity index (χ0) is 14.6. The molecule has 10 heteroatoms. The molecule has 0 spiro atoms. The molecule has 9 nitrogen and oxygen atoms in total. The molecule has 1 heterocycles. The number of benzene rings is 1. The van der Waals surface area contributed by atoms with Crippen molar-refractivity contribution in [2.45, 2.75) is 4.90 Å². The topological polar surface area (TPSA) is 134 Å². The Kier molecular flexibility index (Phi) is 3.84. The van der Waals surface area contributed by atoms with Crippen LogP contribution < -0.4 is 9.46 Å². The van der Waals surface area contributed by atoms with Crippen molar-refractivity contribution in [1.29, 1.82) is 0 Å². The fourth-order valence-corrected chi connectivity index (χ4v) is 2.27. The number of aliphatic carboxylic acids is 1. The normalized spacial score (nSPS) is 11.0. The van der Waals surface area contributed by atoms with Crippen molar-refractivity contribution < 1.29 is 23.1 Å². The summed E-state index contributed by atoms with van der Waals surface area (Å²) in [6.45, 7) is -0.498. The highest BCUT2D eigenvalue weighted by molar-refractivity contribution is 7.92. The van der Waals surface area contributed by atoms with Gasteiger partial charge in [0.1, 0.15) is 12.1 Å². The molecule has 1 aromatic heterocycles. The molecule has 0 fully saturated rings. The van der Waals surface area contributed by atoms with Gasteiger partial charge >= 0.3 is 5.97 Å². The molecule has 2 rings (SSSR count). The SMILES string of the molecule is O=C(O)COc1ccc(S(=O)(=O)Nc2ncn[nH]2)cc1. The van der Waals surface area contributed by atoms with Crippen LogP contribution in [-0.2, 0) is 14.8 Å². The molecule has 0 aliphatic carbocycles. The smallest absolute Gasteiger partial charge is 0.341 e. The van der Waals surface area contributed by atoms with E-state index in [1.165, 1.54) is 30.6 Å². The maximum Gasteiger partial charge on any atom is 0.341 e. The molecule has 0 unspecified atom stereocenters. The van der Waals surface area contributed by atoms with E-state index in [0.29, 0.717) is 0 Å². The van der Waals surface area contributed by atoms with Crippen molar-refractivity contribution in [1.82, 2.24) is 15.2 Å². The second-order valence-corrected chi connectivity index (χ2v) is 5.28. The number of sulfonamides is 1. The van der Waals surface area contributed by atoms with E-state index in [2.05, 4.69) is 19.9 Å². The molecule has 1 aromatic carbocycles. The molecule has 0 aliphatic heterocycles. The summed E-state index contributed by atoms with van der Waals surface area (Å²) in [5.41, 5.74) is 0. The van der Waals surface area contributed by atoms with Crippen LogP contribution in [0.2, 0.25) is 0 Å². The Labute approximate surface area is 113 Å². The molecule has 2 aromatic rings. The van der Waals surface area contributed by atoms with E-state index in [9.17, 15) is 13.2 Å². The van der Waals surface area contributed by atoms with Gasteiger partial charge in [-0.1, -0.05) is 0 Å². The number of hydrogen-bond acceptors (Lipinski definition) is 6. The summed E-state index contributed by atoms with van der Waals surface area (Å²) >= 11 is 0. The minimum absolute atomic E-state index is 0.00352. The van der Waals surface area contributed by atoms with E-state index in [1.807, 2.05) is 0 Å². The fraction of sp³-hybridized carbons (Fsp3) is 0.100. The number of nitrogens with one attached hydrogen (secondary N) is 2. The third-order valence-electron chi connectivity index (χ3n) is 2.14. The molecule has 0 saturated carbocycles. The number of carboxylic acids is 1. The van der Waals surface area contributed by atoms with Crippen LogP contribution in [0.25, 0.3) is 0 Å². The number of rotatable bonds is 6. The number of aromatic amines is 1. The van der Waals surface area contributed by atoms with Gasteiger partial charge in [-0.15, -0.1) is 0 Å². The average molecular weight is 298 g/mol. The zero-order valence-electron chi connectivity index (χ0n) is 9.98. The minimum Gasteiger partial charge on any atom is -0.482 e. The summed E-state index contributed by atoms with van der Waals surface area (Å²) in [7, 11) is -3.79. The number of H-pyrrole nitrogens is 1. The summed E-state index contributed by atoms with van der Waals surface area (Å²) in [6, 6.07) is 5.29. The Morgan fingerprint density at radius 1 is 1.35 bits per heavy atom. The Balaban J connectivity index is 2.10. The Hall–Kier alpha value is -2.62. The van der Waals surface area contributed by atoms with Gasteiger partial charge in [-0.05, 0) is 24.3 Å². The van der Waals surface area contributed by atoms with Crippen molar-refractivity contribution in [3.05, 3.63) is 30.6 Å². The standard InChI is InChI=1S/C10H10N4O5S/c15-9(16)5-19-7-1-3-8(4-2-7)20(17,18)14-10-11-6-12-13-10/h1-4,6H,5H2,(H,15,16)(H2,11,12,13,14). The molecule has 0 bridgehead atoms. The monoisotopic (exact) mass is 298 g/mol. The molecule has 106 valence electrons. The van der Waals surface area contributed by atoms with Gasteiger partial charge in [0, 0.05) is 0 Å². The first-order valence-electron chi connectivity index (χ1n) is 5.30. The molecule has 0 atom stereocenters. The van der Waals surface area contributed by atoms with E-state index in [0.717, 1.165) is 0 Å². The molecular formula is C10H10N4O5S. The lowest BCUT2D eigenvalue weighted by atomic mass is 10.3. The zero-order valence-corrected chi connectivity index (χ0v) is 10.8. The molecule has 0 aliphatic rings. The van der Waals surface area contributed by atoms with Gasteiger partial charge in [-0.2, -0.15) is 10.1 Å². The number of carboxylic acid groups (broad SMARTS) is 1. The van der Waals surface area contributed by atoms with Crippen LogP contribution >= 0.6 is 0 Å². The summed E-state index contributed by atoms with van der Waals surface area (Å²) in [4.78, 5) is 14.0. The summed E-state index contributed by atoms with van der Waals surface area (Å²) < 4.78 is 31.0. The van der Waals surface area contributed by atoms with Crippen molar-refractivity contribution in [3.8, 4) is 5.75 Å². The van der Waals surface area contributed by atoms with Gasteiger partial charge in [0.05, 0.1) is 4.90 Å². The Bertz CT molecular complexity index is 681. The first-order valence-corrected chi connectivity index (χ1v) is 6.78. The lowest BCUT2D eigenvalue weighted by molar-refractivity contribution is -0.139. The number of hydrogen-bond donors (Lipinski definition) is 3. The van der Waals surface area contributed by atoms with Gasteiger partial charge in [-0.3, -0.25) is 0 Å². The predicted octanol–water partition coefficient (Wildman–Crippen LogP) is 0.0689. The average Bonchev–Trinajstić information content (AvgIpc) is 2.89. The van der Waals surface area contributed by atoms with Crippen molar-refractivity contribution in [2.75, 3.05) is 11.3 Å². The highest BCUT2D eigenvalue weighted by atomic mass is 32.2. The third-order valence-corrected chi connectivity index (χ3v) is 3.50. The van der Waals surface area contributed by atoms with Crippen LogP contribution in [0, 0.1) is 0 Å². The molecule has 0 radical (unpaired) electrons. The first kappa shape index (κ1) is 13.8. The van der Waals surface area contributed by atoms with Gasteiger partial charge in [-0.25, -0.2) is 23.0 Å². The number of carbonyl (C=O) groups is 1. The van der Waals surface area contributed by atoms with Crippen LogP contribution in [0.15, 0.2) is 35.5 Å². The highest BCUT2D eigenvalue weighted by Crippen LogP contribution is 2.17. The van der Waals surface area contributed by atoms with Crippen LogP contribution in [-0.4, -0.2) is 41.3 Å². The number of aromatic nitrogens is 3. The second-order valence-electron chi connectivity index (χ2n) is 3.59. The van der Waals surface area contributed by atoms with Crippen molar-refractivity contribution >= 4 is 21.9 Å². The number of ether oxygens (including phenoxy) is 1. The van der Waals surface area contributed by atoms with Gasteiger partial charge in [0.15, 0.2) is 6.61 Å². The largest absolute Gasteiger partial charge is 0.482 e. The highest BCUT2D eigenvalue weighted by Gasteiger charge is 2.15. The second kappa shape index (κ2) is 5.57. The Morgan fingerprint density at radius 2 is 2.05 bits per heavy atom. The summed E-state index contributed by atoms with van der Waals surface area (Å²) in [5, 5.41) is 14.3. The van der Waals surface area contributed by atoms with Crippen LogP contribution in [0.4, 0.5) is 5.95 Å². The predicted molar refractivity (Wildman–Crippen MR) is 66.8 cm³/mol. The summed E-state index contributed by atoms with van der Waals surface area (Å²) in [6.07, 6.45) is 1.17. The first-order chi connectivity index (χ1) is 9.47. The lowest BCUT2D eigenvalue weighted by Crippen LogP contribution is -2.14. The van der Waals surface area contributed by atoms with Crippen molar-refractivity contribution in [2.24, 2.45) is 0 Å². The van der Waals surface area contributed by atoms with E-state index in [1.54, 1.807) is 0 Å². The van der Waals surface area contributed by atoms with E-state index >= 15 is 0 Å². The van der Waals surface area contributed by atoms with E-state index < -0.39 is 22.6 Å². The molecule has 3 N–H and O–H groups in total. The number of nitrogens with zero attached hydrogens (tertiary/aromatic N) is 2. The molecule has 0 saturated heterocycles. The maximum absolute atomic E-state index is 11.9. The molecule has 20 heavy (non-hydrogen) atoms. The fourth-order valence-electron chi connectivity index (χ4n) is 1.30. The summed E-state index contributed by atoms with van der Waals surface area (Å²) in [5.74, 6) is -0.865. The number of anilines is 1. The van der Waals surface area contributed by atoms with Crippen LogP contribution in [0.3, 0.4) is 0 Å². The maximum atomic E-state index is 11.9. The van der Waals surface area contributed by atoms with E-state index in [-0.39, 0.29) is 16.6 Å². The van der Waals surface area contributed by atoms with Crippen LogP contribution in [0.1, 0.15) is 0 Å². The molecule has 0 amide bonds. The van der Waals surface area contributed by atoms with Gasteiger partial charge in [0.25, 0.3) is 10.0 Å². The van der Waals surface area contributed by atoms with Crippen molar-refractivity contribution in [3.63, 3.8) is 0 Å². The van der Waals surface area contributed by atoms with Crippen LogP contribution in [0.5, 0.6) is 5.75 Å². The van der Waals surface area contributed by atoms with E-state index in [4.69, 9.17) is 9.84 Å². The third kappa shape index (κ3) is 3.45. The van der Waals surface area contributed by atoms with Gasteiger partial charge in [0.2, 0.25) is 5.95 Å². The molecular weight excluding hydrogens is 288 g/mol. The lowest BCUT2D eigenvalue weighted by Gasteiger charge is -2.06. The minimum atomic E-state index is -3.79. The Morgan fingerprint density at radius 3 is 2.60 bits per heavy atom. The quantitative estimate of drug-likeness (QED) is 0.686.